The standard InChI is InChI=1S/C16H21N3OS/c1-10(19(2)11-7-8-11)9-18-16(20)15-14(17)12-5-3-4-6-13(12)21-15/h3-6,10-11H,7-9,17H2,1-2H3,(H,18,20). The molecule has 0 spiro atoms. The highest BCUT2D eigenvalue weighted by Gasteiger charge is 2.29. The number of likely N-dealkylation sites (N-methyl/N-ethyl adjacent to an activating group) is 1. The van der Waals surface area contributed by atoms with Crippen LogP contribution in [0.2, 0.25) is 0 Å². The fraction of sp³-hybridized carbons (Fsp3) is 0.438. The number of benzene rings is 1. The van der Waals surface area contributed by atoms with E-state index in [1.807, 2.05) is 24.3 Å². The van der Waals surface area contributed by atoms with E-state index in [-0.39, 0.29) is 5.91 Å². The fourth-order valence-corrected chi connectivity index (χ4v) is 3.58. The van der Waals surface area contributed by atoms with Crippen LogP contribution >= 0.6 is 11.3 Å². The molecular formula is C16H21N3OS. The molecule has 1 saturated carbocycles. The van der Waals surface area contributed by atoms with E-state index in [1.165, 1.54) is 24.2 Å². The summed E-state index contributed by atoms with van der Waals surface area (Å²) in [6, 6.07) is 8.91. The smallest absolute Gasteiger partial charge is 0.263 e. The molecule has 1 unspecified atom stereocenters. The molecule has 3 N–H and O–H groups in total. The van der Waals surface area contributed by atoms with Crippen LogP contribution < -0.4 is 11.1 Å². The molecule has 1 aromatic carbocycles. The Balaban J connectivity index is 1.67. The second-order valence-electron chi connectivity index (χ2n) is 5.80. The second kappa shape index (κ2) is 5.66. The fourth-order valence-electron chi connectivity index (χ4n) is 2.54. The maximum absolute atomic E-state index is 12.3. The SMILES string of the molecule is CC(CNC(=O)c1sc2ccccc2c1N)N(C)C1CC1. The predicted octanol–water partition coefficient (Wildman–Crippen LogP) is 2.70. The molecule has 1 aromatic heterocycles. The van der Waals surface area contributed by atoms with Gasteiger partial charge in [-0.2, -0.15) is 0 Å². The number of amides is 1. The van der Waals surface area contributed by atoms with Gasteiger partial charge in [-0.15, -0.1) is 11.3 Å². The third kappa shape index (κ3) is 2.89. The second-order valence-corrected chi connectivity index (χ2v) is 6.85. The number of nitrogens with two attached hydrogens (primary N) is 1. The van der Waals surface area contributed by atoms with Crippen LogP contribution in [0.4, 0.5) is 5.69 Å². The summed E-state index contributed by atoms with van der Waals surface area (Å²) in [6.07, 6.45) is 2.55. The summed E-state index contributed by atoms with van der Waals surface area (Å²) >= 11 is 1.46. The summed E-state index contributed by atoms with van der Waals surface area (Å²) in [4.78, 5) is 15.3. The first-order valence-electron chi connectivity index (χ1n) is 7.35. The van der Waals surface area contributed by atoms with Crippen LogP contribution in [-0.4, -0.2) is 36.5 Å². The zero-order valence-corrected chi connectivity index (χ0v) is 13.2. The number of nitrogen functional groups attached to an aromatic ring is 1. The van der Waals surface area contributed by atoms with E-state index < -0.39 is 0 Å². The number of carbonyl (C=O) groups is 1. The molecule has 1 heterocycles. The summed E-state index contributed by atoms with van der Waals surface area (Å²) in [5, 5.41) is 3.98. The van der Waals surface area contributed by atoms with Crippen LogP contribution in [0.1, 0.15) is 29.4 Å². The van der Waals surface area contributed by atoms with Gasteiger partial charge in [-0.3, -0.25) is 9.69 Å². The lowest BCUT2D eigenvalue weighted by atomic mass is 10.2. The quantitative estimate of drug-likeness (QED) is 0.893. The van der Waals surface area contributed by atoms with Crippen LogP contribution in [0, 0.1) is 0 Å². The molecule has 0 bridgehead atoms. The Hall–Kier alpha value is -1.59. The zero-order valence-electron chi connectivity index (χ0n) is 12.4. The number of thiophene rings is 1. The number of hydrogen-bond acceptors (Lipinski definition) is 4. The van der Waals surface area contributed by atoms with Gasteiger partial charge in [0.1, 0.15) is 4.88 Å². The topological polar surface area (TPSA) is 58.4 Å². The third-order valence-electron chi connectivity index (χ3n) is 4.22. The summed E-state index contributed by atoms with van der Waals surface area (Å²) in [5.41, 5.74) is 6.70. The van der Waals surface area contributed by atoms with E-state index in [4.69, 9.17) is 5.73 Å². The largest absolute Gasteiger partial charge is 0.397 e. The first-order chi connectivity index (χ1) is 10.1. The maximum Gasteiger partial charge on any atom is 0.263 e. The molecule has 5 heteroatoms. The average molecular weight is 303 g/mol. The number of carbonyl (C=O) groups excluding carboxylic acids is 1. The maximum atomic E-state index is 12.3. The first kappa shape index (κ1) is 14.4. The Bertz CT molecular complexity index is 663. The number of hydrogen-bond donors (Lipinski definition) is 2. The number of nitrogens with one attached hydrogen (secondary N) is 1. The Kier molecular flexibility index (Phi) is 3.87. The van der Waals surface area contributed by atoms with Crippen LogP contribution in [-0.2, 0) is 0 Å². The Morgan fingerprint density at radius 3 is 2.86 bits per heavy atom. The van der Waals surface area contributed by atoms with Crippen LogP contribution in [0.3, 0.4) is 0 Å². The molecule has 1 aliphatic carbocycles. The van der Waals surface area contributed by atoms with Gasteiger partial charge in [0.2, 0.25) is 0 Å². The molecule has 4 nitrogen and oxygen atoms in total. The summed E-state index contributed by atoms with van der Waals surface area (Å²) in [5.74, 6) is -0.0650. The summed E-state index contributed by atoms with van der Waals surface area (Å²) < 4.78 is 1.06. The average Bonchev–Trinajstić information content (AvgIpc) is 3.29. The van der Waals surface area contributed by atoms with Crippen LogP contribution in [0.25, 0.3) is 10.1 Å². The monoisotopic (exact) mass is 303 g/mol. The van der Waals surface area contributed by atoms with Gasteiger partial charge in [0, 0.05) is 28.7 Å². The van der Waals surface area contributed by atoms with E-state index in [1.54, 1.807) is 0 Å². The van der Waals surface area contributed by atoms with E-state index in [0.717, 1.165) is 10.1 Å². The van der Waals surface area contributed by atoms with Crippen molar-refractivity contribution in [3.8, 4) is 0 Å². The van der Waals surface area contributed by atoms with E-state index in [0.29, 0.717) is 29.2 Å². The Labute approximate surface area is 128 Å². The molecule has 1 atom stereocenters. The van der Waals surface area contributed by atoms with E-state index in [9.17, 15) is 4.79 Å². The molecule has 0 radical (unpaired) electrons. The molecule has 2 aromatic rings. The molecule has 1 aliphatic rings. The van der Waals surface area contributed by atoms with Gasteiger partial charge in [-0.05, 0) is 32.9 Å². The molecule has 1 fully saturated rings. The minimum Gasteiger partial charge on any atom is -0.397 e. The van der Waals surface area contributed by atoms with Gasteiger partial charge >= 0.3 is 0 Å². The normalized spacial score (nSPS) is 16.3. The molecule has 3 rings (SSSR count). The number of rotatable bonds is 5. The highest BCUT2D eigenvalue weighted by atomic mass is 32.1. The minimum atomic E-state index is -0.0650. The summed E-state index contributed by atoms with van der Waals surface area (Å²) in [6.45, 7) is 2.80. The molecule has 1 amide bonds. The van der Waals surface area contributed by atoms with Gasteiger partial charge in [0.05, 0.1) is 5.69 Å². The highest BCUT2D eigenvalue weighted by Crippen LogP contribution is 2.33. The molecular weight excluding hydrogens is 282 g/mol. The highest BCUT2D eigenvalue weighted by molar-refractivity contribution is 7.21. The van der Waals surface area contributed by atoms with Crippen molar-refractivity contribution >= 4 is 33.0 Å². The van der Waals surface area contributed by atoms with Gasteiger partial charge < -0.3 is 11.1 Å². The first-order valence-corrected chi connectivity index (χ1v) is 8.16. The number of fused-ring (bicyclic) bond motifs is 1. The van der Waals surface area contributed by atoms with Crippen molar-refractivity contribution in [3.63, 3.8) is 0 Å². The van der Waals surface area contributed by atoms with Gasteiger partial charge in [0.15, 0.2) is 0 Å². The van der Waals surface area contributed by atoms with Crippen molar-refractivity contribution in [3.05, 3.63) is 29.1 Å². The van der Waals surface area contributed by atoms with Crippen molar-refractivity contribution in [1.29, 1.82) is 0 Å². The van der Waals surface area contributed by atoms with Crippen molar-refractivity contribution in [1.82, 2.24) is 10.2 Å². The van der Waals surface area contributed by atoms with E-state index >= 15 is 0 Å². The number of nitrogens with zero attached hydrogens (tertiary/aromatic N) is 1. The zero-order chi connectivity index (χ0) is 15.0. The molecule has 112 valence electrons. The van der Waals surface area contributed by atoms with Crippen molar-refractivity contribution in [2.24, 2.45) is 0 Å². The third-order valence-corrected chi connectivity index (χ3v) is 5.40. The lowest BCUT2D eigenvalue weighted by Crippen LogP contribution is -2.41. The lowest BCUT2D eigenvalue weighted by molar-refractivity contribution is 0.0944. The van der Waals surface area contributed by atoms with Crippen molar-refractivity contribution in [2.75, 3.05) is 19.3 Å². The summed E-state index contributed by atoms with van der Waals surface area (Å²) in [7, 11) is 2.13. The van der Waals surface area contributed by atoms with Gasteiger partial charge in [0.25, 0.3) is 5.91 Å². The van der Waals surface area contributed by atoms with Crippen LogP contribution in [0.5, 0.6) is 0 Å². The van der Waals surface area contributed by atoms with Crippen LogP contribution in [0.15, 0.2) is 24.3 Å². The van der Waals surface area contributed by atoms with Gasteiger partial charge in [-0.25, -0.2) is 0 Å². The predicted molar refractivity (Wildman–Crippen MR) is 88.8 cm³/mol. The Morgan fingerprint density at radius 2 is 2.19 bits per heavy atom. The molecule has 0 aliphatic heterocycles. The van der Waals surface area contributed by atoms with Gasteiger partial charge in [-0.1, -0.05) is 18.2 Å². The van der Waals surface area contributed by atoms with Crippen molar-refractivity contribution in [2.45, 2.75) is 31.8 Å². The van der Waals surface area contributed by atoms with Crippen molar-refractivity contribution < 1.29 is 4.79 Å². The molecule has 21 heavy (non-hydrogen) atoms. The molecule has 0 saturated heterocycles. The number of anilines is 1. The Morgan fingerprint density at radius 1 is 1.48 bits per heavy atom. The lowest BCUT2D eigenvalue weighted by Gasteiger charge is -2.24. The minimum absolute atomic E-state index is 0.0650. The van der Waals surface area contributed by atoms with E-state index in [2.05, 4.69) is 24.2 Å².